The van der Waals surface area contributed by atoms with E-state index in [4.69, 9.17) is 0 Å². The van der Waals surface area contributed by atoms with E-state index in [2.05, 4.69) is 15.6 Å². The SMILES string of the molecule is Cc1ccc(C(=O)Nc2ccc(NCC(C)O)nc2)cc1. The topological polar surface area (TPSA) is 74.2 Å². The number of amides is 1. The Morgan fingerprint density at radius 3 is 2.52 bits per heavy atom. The zero-order chi connectivity index (χ0) is 15.2. The molecule has 1 aromatic carbocycles. The Labute approximate surface area is 124 Å². The van der Waals surface area contributed by atoms with Crippen molar-refractivity contribution in [3.63, 3.8) is 0 Å². The molecule has 0 aliphatic carbocycles. The number of aliphatic hydroxyl groups excluding tert-OH is 1. The summed E-state index contributed by atoms with van der Waals surface area (Å²) in [4.78, 5) is 16.2. The van der Waals surface area contributed by atoms with Gasteiger partial charge in [0, 0.05) is 12.1 Å². The van der Waals surface area contributed by atoms with E-state index in [1.54, 1.807) is 37.4 Å². The molecule has 1 unspecified atom stereocenters. The van der Waals surface area contributed by atoms with Crippen molar-refractivity contribution in [3.8, 4) is 0 Å². The van der Waals surface area contributed by atoms with Crippen LogP contribution < -0.4 is 10.6 Å². The number of aryl methyl sites for hydroxylation is 1. The zero-order valence-electron chi connectivity index (χ0n) is 12.1. The molecule has 0 fully saturated rings. The fourth-order valence-electron chi connectivity index (χ4n) is 1.73. The van der Waals surface area contributed by atoms with Crippen molar-refractivity contribution >= 4 is 17.4 Å². The Morgan fingerprint density at radius 2 is 1.95 bits per heavy atom. The average molecular weight is 285 g/mol. The number of aromatic nitrogens is 1. The van der Waals surface area contributed by atoms with Gasteiger partial charge >= 0.3 is 0 Å². The van der Waals surface area contributed by atoms with Gasteiger partial charge in [-0.2, -0.15) is 0 Å². The minimum atomic E-state index is -0.437. The van der Waals surface area contributed by atoms with Crippen LogP contribution in [0.4, 0.5) is 11.5 Å². The van der Waals surface area contributed by atoms with Crippen LogP contribution in [0.25, 0.3) is 0 Å². The first-order valence-corrected chi connectivity index (χ1v) is 6.80. The van der Waals surface area contributed by atoms with E-state index < -0.39 is 6.10 Å². The molecule has 21 heavy (non-hydrogen) atoms. The number of hydrogen-bond acceptors (Lipinski definition) is 4. The van der Waals surface area contributed by atoms with Gasteiger partial charge in [-0.1, -0.05) is 17.7 Å². The van der Waals surface area contributed by atoms with Crippen molar-refractivity contribution in [3.05, 3.63) is 53.7 Å². The third-order valence-corrected chi connectivity index (χ3v) is 2.91. The van der Waals surface area contributed by atoms with E-state index in [1.165, 1.54) is 0 Å². The van der Waals surface area contributed by atoms with Crippen LogP contribution in [0, 0.1) is 6.92 Å². The molecule has 0 aliphatic heterocycles. The molecule has 0 spiro atoms. The number of anilines is 2. The Hall–Kier alpha value is -2.40. The number of rotatable bonds is 5. The molecule has 110 valence electrons. The van der Waals surface area contributed by atoms with E-state index in [-0.39, 0.29) is 5.91 Å². The van der Waals surface area contributed by atoms with Gasteiger partial charge in [-0.05, 0) is 38.1 Å². The molecule has 1 atom stereocenters. The van der Waals surface area contributed by atoms with Gasteiger partial charge in [-0.25, -0.2) is 4.98 Å². The van der Waals surface area contributed by atoms with Gasteiger partial charge in [-0.15, -0.1) is 0 Å². The van der Waals surface area contributed by atoms with Gasteiger partial charge < -0.3 is 15.7 Å². The van der Waals surface area contributed by atoms with Crippen molar-refractivity contribution in [1.82, 2.24) is 4.98 Å². The predicted molar refractivity (Wildman–Crippen MR) is 83.5 cm³/mol. The van der Waals surface area contributed by atoms with E-state index in [0.717, 1.165) is 5.56 Å². The Morgan fingerprint density at radius 1 is 1.24 bits per heavy atom. The van der Waals surface area contributed by atoms with Crippen LogP contribution in [0.3, 0.4) is 0 Å². The summed E-state index contributed by atoms with van der Waals surface area (Å²) >= 11 is 0. The molecule has 1 aromatic heterocycles. The van der Waals surface area contributed by atoms with Gasteiger partial charge in [0.05, 0.1) is 18.0 Å². The highest BCUT2D eigenvalue weighted by atomic mass is 16.3. The molecule has 0 saturated carbocycles. The minimum absolute atomic E-state index is 0.165. The Balaban J connectivity index is 1.96. The summed E-state index contributed by atoms with van der Waals surface area (Å²) in [6, 6.07) is 10.9. The third-order valence-electron chi connectivity index (χ3n) is 2.91. The number of nitrogens with one attached hydrogen (secondary N) is 2. The fraction of sp³-hybridized carbons (Fsp3) is 0.250. The van der Waals surface area contributed by atoms with Crippen LogP contribution in [0.5, 0.6) is 0 Å². The first kappa shape index (κ1) is 15.0. The van der Waals surface area contributed by atoms with Gasteiger partial charge in [-0.3, -0.25) is 4.79 Å². The highest BCUT2D eigenvalue weighted by molar-refractivity contribution is 6.04. The molecule has 3 N–H and O–H groups in total. The highest BCUT2D eigenvalue weighted by Gasteiger charge is 2.06. The number of carbonyl (C=O) groups is 1. The Kier molecular flexibility index (Phi) is 4.90. The molecule has 1 amide bonds. The lowest BCUT2D eigenvalue weighted by molar-refractivity contribution is 0.102. The number of nitrogens with zero attached hydrogens (tertiary/aromatic N) is 1. The molecule has 5 heteroatoms. The second-order valence-corrected chi connectivity index (χ2v) is 4.98. The predicted octanol–water partition coefficient (Wildman–Crippen LogP) is 2.44. The van der Waals surface area contributed by atoms with Crippen LogP contribution in [0.2, 0.25) is 0 Å². The molecule has 0 saturated heterocycles. The van der Waals surface area contributed by atoms with Gasteiger partial charge in [0.25, 0.3) is 5.91 Å². The lowest BCUT2D eigenvalue weighted by atomic mass is 10.1. The molecule has 0 radical (unpaired) electrons. The normalized spacial score (nSPS) is 11.8. The molecule has 5 nitrogen and oxygen atoms in total. The maximum absolute atomic E-state index is 12.0. The zero-order valence-corrected chi connectivity index (χ0v) is 12.1. The summed E-state index contributed by atoms with van der Waals surface area (Å²) in [7, 11) is 0. The molecular formula is C16H19N3O2. The van der Waals surface area contributed by atoms with Crippen LogP contribution in [0.1, 0.15) is 22.8 Å². The summed E-state index contributed by atoms with van der Waals surface area (Å²) in [5, 5.41) is 15.0. The van der Waals surface area contributed by atoms with Crippen molar-refractivity contribution in [1.29, 1.82) is 0 Å². The summed E-state index contributed by atoms with van der Waals surface area (Å²) in [6.45, 7) is 4.11. The van der Waals surface area contributed by atoms with Crippen LogP contribution in [0.15, 0.2) is 42.6 Å². The molecule has 2 aromatic rings. The van der Waals surface area contributed by atoms with E-state index in [9.17, 15) is 9.90 Å². The van der Waals surface area contributed by atoms with Crippen molar-refractivity contribution in [2.24, 2.45) is 0 Å². The summed E-state index contributed by atoms with van der Waals surface area (Å²) in [6.07, 6.45) is 1.14. The number of aliphatic hydroxyl groups is 1. The maximum atomic E-state index is 12.0. The largest absolute Gasteiger partial charge is 0.392 e. The van der Waals surface area contributed by atoms with Crippen molar-refractivity contribution in [2.75, 3.05) is 17.2 Å². The number of hydrogen-bond donors (Lipinski definition) is 3. The molecule has 1 heterocycles. The fourth-order valence-corrected chi connectivity index (χ4v) is 1.73. The lowest BCUT2D eigenvalue weighted by Gasteiger charge is -2.09. The summed E-state index contributed by atoms with van der Waals surface area (Å²) < 4.78 is 0. The minimum Gasteiger partial charge on any atom is -0.392 e. The summed E-state index contributed by atoms with van der Waals surface area (Å²) in [5.74, 6) is 0.491. The number of carbonyl (C=O) groups excluding carboxylic acids is 1. The quantitative estimate of drug-likeness (QED) is 0.789. The van der Waals surface area contributed by atoms with Crippen LogP contribution >= 0.6 is 0 Å². The van der Waals surface area contributed by atoms with Crippen LogP contribution in [-0.2, 0) is 0 Å². The maximum Gasteiger partial charge on any atom is 0.255 e. The Bertz CT molecular complexity index is 592. The van der Waals surface area contributed by atoms with Gasteiger partial charge in [0.15, 0.2) is 0 Å². The molecule has 0 aliphatic rings. The standard InChI is InChI=1S/C16H19N3O2/c1-11-3-5-13(6-4-11)16(21)19-14-7-8-15(18-10-14)17-9-12(2)20/h3-8,10,12,20H,9H2,1-2H3,(H,17,18)(H,19,21). The smallest absolute Gasteiger partial charge is 0.255 e. The number of pyridine rings is 1. The second kappa shape index (κ2) is 6.85. The first-order valence-electron chi connectivity index (χ1n) is 6.80. The lowest BCUT2D eigenvalue weighted by Crippen LogP contribution is -2.16. The summed E-state index contributed by atoms with van der Waals surface area (Å²) in [5.41, 5.74) is 2.35. The molecular weight excluding hydrogens is 266 g/mol. The molecule has 0 bridgehead atoms. The first-order chi connectivity index (χ1) is 10.0. The van der Waals surface area contributed by atoms with Crippen LogP contribution in [-0.4, -0.2) is 28.6 Å². The van der Waals surface area contributed by atoms with Gasteiger partial charge in [0.1, 0.15) is 5.82 Å². The van der Waals surface area contributed by atoms with Gasteiger partial charge in [0.2, 0.25) is 0 Å². The number of benzene rings is 1. The van der Waals surface area contributed by atoms with E-state index in [0.29, 0.717) is 23.6 Å². The highest BCUT2D eigenvalue weighted by Crippen LogP contribution is 2.12. The van der Waals surface area contributed by atoms with Crippen molar-refractivity contribution in [2.45, 2.75) is 20.0 Å². The van der Waals surface area contributed by atoms with Crippen molar-refractivity contribution < 1.29 is 9.90 Å². The monoisotopic (exact) mass is 285 g/mol. The second-order valence-electron chi connectivity index (χ2n) is 4.98. The van der Waals surface area contributed by atoms with E-state index in [1.807, 2.05) is 19.1 Å². The molecule has 2 rings (SSSR count). The average Bonchev–Trinajstić information content (AvgIpc) is 2.47. The third kappa shape index (κ3) is 4.57. The van der Waals surface area contributed by atoms with E-state index >= 15 is 0 Å².